The van der Waals surface area contributed by atoms with Crippen LogP contribution in [0.2, 0.25) is 0 Å². The number of nitrogens with one attached hydrogen (secondary N) is 2. The number of carbonyl (C=O) groups excluding carboxylic acids is 2. The van der Waals surface area contributed by atoms with Gasteiger partial charge >= 0.3 is 12.1 Å². The summed E-state index contributed by atoms with van der Waals surface area (Å²) in [6, 6.07) is -0.451. The molecule has 0 radical (unpaired) electrons. The van der Waals surface area contributed by atoms with E-state index in [-0.39, 0.29) is 42.7 Å². The van der Waals surface area contributed by atoms with Crippen molar-refractivity contribution in [1.29, 1.82) is 0 Å². The van der Waals surface area contributed by atoms with Crippen LogP contribution in [0, 0.1) is 0 Å². The lowest BCUT2D eigenvalue weighted by Gasteiger charge is -2.42. The Kier molecular flexibility index (Phi) is 9.12. The maximum absolute atomic E-state index is 15.0. The van der Waals surface area contributed by atoms with Gasteiger partial charge in [-0.1, -0.05) is 0 Å². The Bertz CT molecular complexity index is 1170. The van der Waals surface area contributed by atoms with Crippen LogP contribution >= 0.6 is 0 Å². The van der Waals surface area contributed by atoms with E-state index in [0.717, 1.165) is 24.3 Å². The van der Waals surface area contributed by atoms with Gasteiger partial charge in [0.25, 0.3) is 5.92 Å². The highest BCUT2D eigenvalue weighted by atomic mass is 19.3. The molecule has 15 heteroatoms. The smallest absolute Gasteiger partial charge is 0.413 e. The SMILES string of the molecule is CCOc1cnc(NC(=O)N(C)C2CN(c3nccc(NC(=O)OC4CCN(C)C(C)C4)n3)CCC2(F)F)cn1. The Hall–Kier alpha value is -3.88. The summed E-state index contributed by atoms with van der Waals surface area (Å²) < 4.78 is 40.7. The third-order valence-electron chi connectivity index (χ3n) is 7.13. The summed E-state index contributed by atoms with van der Waals surface area (Å²) in [6.45, 7) is 4.84. The number of piperidine rings is 2. The molecule has 0 aromatic carbocycles. The number of halogens is 2. The van der Waals surface area contributed by atoms with Crippen molar-refractivity contribution >= 4 is 29.7 Å². The fraction of sp³-hybridized carbons (Fsp3) is 0.600. The van der Waals surface area contributed by atoms with E-state index in [2.05, 4.69) is 42.4 Å². The number of likely N-dealkylation sites (N-methyl/N-ethyl adjacent to an activating group) is 1. The zero-order chi connectivity index (χ0) is 28.9. The lowest BCUT2D eigenvalue weighted by Crippen LogP contribution is -2.60. The first-order valence-corrected chi connectivity index (χ1v) is 13.2. The van der Waals surface area contributed by atoms with Crippen LogP contribution in [0.3, 0.4) is 0 Å². The van der Waals surface area contributed by atoms with E-state index in [4.69, 9.17) is 9.47 Å². The summed E-state index contributed by atoms with van der Waals surface area (Å²) in [5.74, 6) is -2.44. The van der Waals surface area contributed by atoms with Crippen molar-refractivity contribution in [3.63, 3.8) is 0 Å². The molecule has 0 spiro atoms. The number of hydrogen-bond acceptors (Lipinski definition) is 10. The van der Waals surface area contributed by atoms with Gasteiger partial charge in [0, 0.05) is 45.3 Å². The first-order chi connectivity index (χ1) is 19.1. The van der Waals surface area contributed by atoms with Gasteiger partial charge in [-0.05, 0) is 39.8 Å². The molecule has 2 aliphatic heterocycles. The normalized spacial score (nSPS) is 22.8. The molecule has 4 heterocycles. The van der Waals surface area contributed by atoms with Gasteiger partial charge in [-0.2, -0.15) is 4.98 Å². The molecular weight excluding hydrogens is 528 g/mol. The zero-order valence-electron chi connectivity index (χ0n) is 23.0. The summed E-state index contributed by atoms with van der Waals surface area (Å²) in [6.07, 6.45) is 4.16. The summed E-state index contributed by atoms with van der Waals surface area (Å²) in [4.78, 5) is 46.5. The molecular formula is C25H35F2N9O4. The summed E-state index contributed by atoms with van der Waals surface area (Å²) in [7, 11) is 3.32. The Morgan fingerprint density at radius 3 is 2.67 bits per heavy atom. The lowest BCUT2D eigenvalue weighted by atomic mass is 10.00. The second kappa shape index (κ2) is 12.5. The molecule has 0 bridgehead atoms. The lowest BCUT2D eigenvalue weighted by molar-refractivity contribution is -0.0760. The average molecular weight is 564 g/mol. The van der Waals surface area contributed by atoms with Gasteiger partial charge < -0.3 is 24.2 Å². The number of carbonyl (C=O) groups is 2. The minimum atomic E-state index is -3.15. The number of urea groups is 1. The van der Waals surface area contributed by atoms with Crippen LogP contribution in [0.25, 0.3) is 0 Å². The first-order valence-electron chi connectivity index (χ1n) is 13.2. The molecule has 2 N–H and O–H groups in total. The van der Waals surface area contributed by atoms with Crippen molar-refractivity contribution in [3.05, 3.63) is 24.7 Å². The Morgan fingerprint density at radius 2 is 1.98 bits per heavy atom. The van der Waals surface area contributed by atoms with Gasteiger partial charge in [0.2, 0.25) is 11.8 Å². The molecule has 2 aromatic rings. The van der Waals surface area contributed by atoms with E-state index < -0.39 is 30.5 Å². The quantitative estimate of drug-likeness (QED) is 0.517. The molecule has 2 aliphatic rings. The molecule has 2 saturated heterocycles. The summed E-state index contributed by atoms with van der Waals surface area (Å²) in [5, 5.41) is 5.09. The topological polar surface area (TPSA) is 138 Å². The summed E-state index contributed by atoms with van der Waals surface area (Å²) in [5.41, 5.74) is 0. The van der Waals surface area contributed by atoms with E-state index >= 15 is 0 Å². The largest absolute Gasteiger partial charge is 0.477 e. The number of ether oxygens (including phenoxy) is 2. The van der Waals surface area contributed by atoms with E-state index in [1.54, 1.807) is 11.8 Å². The number of likely N-dealkylation sites (tertiary alicyclic amines) is 1. The Balaban J connectivity index is 1.37. The molecule has 0 aliphatic carbocycles. The number of nitrogens with zero attached hydrogens (tertiary/aromatic N) is 7. The van der Waals surface area contributed by atoms with Gasteiger partial charge in [0.15, 0.2) is 5.82 Å². The zero-order valence-corrected chi connectivity index (χ0v) is 23.0. The fourth-order valence-corrected chi connectivity index (χ4v) is 4.62. The fourth-order valence-electron chi connectivity index (χ4n) is 4.62. The van der Waals surface area contributed by atoms with Crippen LogP contribution in [0.1, 0.15) is 33.1 Å². The Labute approximate surface area is 231 Å². The molecule has 3 unspecified atom stereocenters. The van der Waals surface area contributed by atoms with Crippen molar-refractivity contribution in [3.8, 4) is 5.88 Å². The molecule has 2 fully saturated rings. The number of amides is 3. The molecule has 3 amide bonds. The number of alkyl halides is 2. The molecule has 13 nitrogen and oxygen atoms in total. The van der Waals surface area contributed by atoms with Crippen LogP contribution in [-0.2, 0) is 4.74 Å². The van der Waals surface area contributed by atoms with E-state index in [9.17, 15) is 18.4 Å². The third-order valence-corrected chi connectivity index (χ3v) is 7.13. The molecule has 0 saturated carbocycles. The van der Waals surface area contributed by atoms with Crippen molar-refractivity contribution in [2.45, 2.75) is 57.2 Å². The monoisotopic (exact) mass is 563 g/mol. The second-order valence-electron chi connectivity index (χ2n) is 9.93. The van der Waals surface area contributed by atoms with E-state index in [1.165, 1.54) is 31.7 Å². The molecule has 2 aromatic heterocycles. The van der Waals surface area contributed by atoms with Crippen molar-refractivity contribution in [2.75, 3.05) is 55.9 Å². The van der Waals surface area contributed by atoms with E-state index in [0.29, 0.717) is 12.6 Å². The average Bonchev–Trinajstić information content (AvgIpc) is 2.91. The van der Waals surface area contributed by atoms with E-state index in [1.807, 2.05) is 7.05 Å². The molecule has 218 valence electrons. The number of anilines is 3. The molecule has 3 atom stereocenters. The first kappa shape index (κ1) is 29.1. The minimum Gasteiger partial charge on any atom is -0.477 e. The number of aromatic nitrogens is 4. The number of rotatable bonds is 7. The summed E-state index contributed by atoms with van der Waals surface area (Å²) >= 11 is 0. The highest BCUT2D eigenvalue weighted by Gasteiger charge is 2.48. The predicted molar refractivity (Wildman–Crippen MR) is 143 cm³/mol. The second-order valence-corrected chi connectivity index (χ2v) is 9.93. The van der Waals surface area contributed by atoms with Crippen LogP contribution < -0.4 is 20.3 Å². The molecule has 40 heavy (non-hydrogen) atoms. The van der Waals surface area contributed by atoms with Crippen molar-refractivity contribution in [1.82, 2.24) is 29.7 Å². The van der Waals surface area contributed by atoms with Gasteiger partial charge in [0.1, 0.15) is 18.0 Å². The van der Waals surface area contributed by atoms with Gasteiger partial charge in [-0.25, -0.2) is 33.3 Å². The third kappa shape index (κ3) is 7.20. The maximum atomic E-state index is 15.0. The van der Waals surface area contributed by atoms with Crippen LogP contribution in [-0.4, -0.2) is 106 Å². The van der Waals surface area contributed by atoms with Gasteiger partial charge in [0.05, 0.1) is 19.0 Å². The van der Waals surface area contributed by atoms with Crippen molar-refractivity contribution < 1.29 is 27.8 Å². The van der Waals surface area contributed by atoms with Crippen LogP contribution in [0.5, 0.6) is 5.88 Å². The predicted octanol–water partition coefficient (Wildman–Crippen LogP) is 3.07. The number of hydrogen-bond donors (Lipinski definition) is 2. The standard InChI is InChI=1S/C25H35F2N9O4/c1-5-39-21-14-29-20(13-30-21)32-23(37)35(4)18-15-36(11-8-25(18,26)27)22-28-9-6-19(31-22)33-24(38)40-17-7-10-34(3)16(2)12-17/h6,9,13-14,16-18H,5,7-8,10-12,15H2,1-4H3,(H,29,32,37)(H,28,31,33,38). The van der Waals surface area contributed by atoms with Gasteiger partial charge in [-0.15, -0.1) is 0 Å². The molecule has 4 rings (SSSR count). The highest BCUT2D eigenvalue weighted by Crippen LogP contribution is 2.33. The maximum Gasteiger partial charge on any atom is 0.413 e. The van der Waals surface area contributed by atoms with Crippen molar-refractivity contribution in [2.24, 2.45) is 0 Å². The minimum absolute atomic E-state index is 0.0370. The Morgan fingerprint density at radius 1 is 1.18 bits per heavy atom. The highest BCUT2D eigenvalue weighted by molar-refractivity contribution is 5.88. The van der Waals surface area contributed by atoms with Crippen LogP contribution in [0.4, 0.5) is 36.0 Å². The van der Waals surface area contributed by atoms with Crippen LogP contribution in [0.15, 0.2) is 24.7 Å². The van der Waals surface area contributed by atoms with Gasteiger partial charge in [-0.3, -0.25) is 10.6 Å².